The first-order chi connectivity index (χ1) is 13.7. The molecule has 0 aliphatic rings. The summed E-state index contributed by atoms with van der Waals surface area (Å²) in [7, 11) is 0. The molecule has 0 fully saturated rings. The van der Waals surface area contributed by atoms with E-state index in [9.17, 15) is 9.90 Å². The molecule has 0 saturated carbocycles. The first-order valence-corrected chi connectivity index (χ1v) is 12.6. The molecule has 0 aliphatic carbocycles. The molecule has 0 aliphatic heterocycles. The van der Waals surface area contributed by atoms with Gasteiger partial charge in [0.25, 0.3) is 0 Å². The van der Waals surface area contributed by atoms with Crippen LogP contribution < -0.4 is 0 Å². The van der Waals surface area contributed by atoms with Crippen molar-refractivity contribution in [2.75, 3.05) is 0 Å². The topological polar surface area (TPSA) is 57.5 Å². The van der Waals surface area contributed by atoms with Crippen molar-refractivity contribution in [3.05, 3.63) is 0 Å². The molecule has 3 heteroatoms. The van der Waals surface area contributed by atoms with Crippen molar-refractivity contribution in [1.29, 1.82) is 0 Å². The van der Waals surface area contributed by atoms with E-state index in [1.807, 2.05) is 0 Å². The van der Waals surface area contributed by atoms with Gasteiger partial charge in [0.2, 0.25) is 0 Å². The van der Waals surface area contributed by atoms with Crippen LogP contribution >= 0.6 is 0 Å². The Morgan fingerprint density at radius 1 is 0.571 bits per heavy atom. The van der Waals surface area contributed by atoms with Gasteiger partial charge in [-0.3, -0.25) is 4.79 Å². The van der Waals surface area contributed by atoms with Crippen LogP contribution in [0, 0.1) is 0 Å². The van der Waals surface area contributed by atoms with Crippen LogP contribution in [-0.4, -0.2) is 22.3 Å². The molecule has 0 aromatic heterocycles. The van der Waals surface area contributed by atoms with Crippen LogP contribution in [0.25, 0.3) is 0 Å². The molecule has 168 valence electrons. The van der Waals surface area contributed by atoms with Crippen molar-refractivity contribution in [3.63, 3.8) is 0 Å². The lowest BCUT2D eigenvalue weighted by atomic mass is 10.0. The minimum atomic E-state index is -0.658. The quantitative estimate of drug-likeness (QED) is 0.171. The lowest BCUT2D eigenvalue weighted by Crippen LogP contribution is -2.05. The zero-order chi connectivity index (χ0) is 20.7. The van der Waals surface area contributed by atoms with Gasteiger partial charge in [0.05, 0.1) is 6.10 Å². The van der Waals surface area contributed by atoms with Gasteiger partial charge in [-0.05, 0) is 19.3 Å². The summed E-state index contributed by atoms with van der Waals surface area (Å²) in [6.07, 6.45) is 26.7. The van der Waals surface area contributed by atoms with E-state index in [1.54, 1.807) is 0 Å². The van der Waals surface area contributed by atoms with Gasteiger partial charge in [-0.1, -0.05) is 122 Å². The van der Waals surface area contributed by atoms with E-state index in [2.05, 4.69) is 6.92 Å². The predicted octanol–water partition coefficient (Wildman–Crippen LogP) is 8.03. The summed E-state index contributed by atoms with van der Waals surface area (Å²) >= 11 is 0. The Bertz CT molecular complexity index is 317. The fourth-order valence-electron chi connectivity index (χ4n) is 3.89. The van der Waals surface area contributed by atoms with Gasteiger partial charge >= 0.3 is 5.97 Å². The van der Waals surface area contributed by atoms with E-state index in [1.165, 1.54) is 103 Å². The van der Waals surface area contributed by atoms with Crippen LogP contribution in [0.1, 0.15) is 148 Å². The maximum absolute atomic E-state index is 10.4. The number of aliphatic carboxylic acids is 1. The summed E-state index contributed by atoms with van der Waals surface area (Å²) in [6.45, 7) is 2.18. The third-order valence-corrected chi connectivity index (χ3v) is 5.82. The SMILES string of the molecule is CCCCC(O)CCCCCCCCCCCCCCCCCCCC(=O)O. The van der Waals surface area contributed by atoms with Crippen molar-refractivity contribution >= 4 is 5.97 Å². The molecule has 0 amide bonds. The summed E-state index contributed by atoms with van der Waals surface area (Å²) < 4.78 is 0. The molecule has 0 bridgehead atoms. The van der Waals surface area contributed by atoms with Crippen molar-refractivity contribution < 1.29 is 15.0 Å². The highest BCUT2D eigenvalue weighted by atomic mass is 16.4. The normalized spacial score (nSPS) is 12.4. The minimum absolute atomic E-state index is 0.0521. The fourth-order valence-corrected chi connectivity index (χ4v) is 3.89. The lowest BCUT2D eigenvalue weighted by Gasteiger charge is -2.09. The number of carboxylic acid groups (broad SMARTS) is 1. The zero-order valence-corrected chi connectivity index (χ0v) is 18.9. The van der Waals surface area contributed by atoms with Crippen molar-refractivity contribution in [1.82, 2.24) is 0 Å². The van der Waals surface area contributed by atoms with E-state index in [0.29, 0.717) is 6.42 Å². The summed E-state index contributed by atoms with van der Waals surface area (Å²) in [4.78, 5) is 10.4. The third-order valence-electron chi connectivity index (χ3n) is 5.82. The maximum atomic E-state index is 10.4. The molecule has 0 aromatic rings. The van der Waals surface area contributed by atoms with Gasteiger partial charge < -0.3 is 10.2 Å². The van der Waals surface area contributed by atoms with Crippen molar-refractivity contribution in [2.45, 2.75) is 154 Å². The Balaban J connectivity index is 3.06. The molecule has 0 rings (SSSR count). The Kier molecular flexibility index (Phi) is 22.3. The van der Waals surface area contributed by atoms with Crippen molar-refractivity contribution in [2.24, 2.45) is 0 Å². The van der Waals surface area contributed by atoms with Crippen LogP contribution in [0.2, 0.25) is 0 Å². The first-order valence-electron chi connectivity index (χ1n) is 12.6. The lowest BCUT2D eigenvalue weighted by molar-refractivity contribution is -0.137. The Morgan fingerprint density at radius 3 is 1.25 bits per heavy atom. The molecule has 0 spiro atoms. The van der Waals surface area contributed by atoms with Gasteiger partial charge in [0.1, 0.15) is 0 Å². The molecule has 0 radical (unpaired) electrons. The van der Waals surface area contributed by atoms with Crippen LogP contribution in [0.4, 0.5) is 0 Å². The van der Waals surface area contributed by atoms with E-state index < -0.39 is 5.97 Å². The van der Waals surface area contributed by atoms with E-state index in [0.717, 1.165) is 32.1 Å². The maximum Gasteiger partial charge on any atom is 0.303 e. The van der Waals surface area contributed by atoms with Gasteiger partial charge in [0, 0.05) is 6.42 Å². The molecule has 0 heterocycles. The van der Waals surface area contributed by atoms with Crippen molar-refractivity contribution in [3.8, 4) is 0 Å². The Hall–Kier alpha value is -0.570. The Morgan fingerprint density at radius 2 is 0.893 bits per heavy atom. The third kappa shape index (κ3) is 23.5. The summed E-state index contributed by atoms with van der Waals surface area (Å²) in [5.74, 6) is -0.658. The number of hydrogen-bond donors (Lipinski definition) is 2. The van der Waals surface area contributed by atoms with Gasteiger partial charge in [-0.15, -0.1) is 0 Å². The van der Waals surface area contributed by atoms with Crippen LogP contribution in [0.5, 0.6) is 0 Å². The Labute approximate surface area is 175 Å². The van der Waals surface area contributed by atoms with E-state index >= 15 is 0 Å². The van der Waals surface area contributed by atoms with Crippen LogP contribution in [0.3, 0.4) is 0 Å². The van der Waals surface area contributed by atoms with Gasteiger partial charge in [-0.2, -0.15) is 0 Å². The molecular weight excluding hydrogens is 348 g/mol. The fraction of sp³-hybridized carbons (Fsp3) is 0.960. The molecule has 0 aromatic carbocycles. The number of aliphatic hydroxyl groups excluding tert-OH is 1. The molecule has 0 saturated heterocycles. The molecule has 2 N–H and O–H groups in total. The van der Waals surface area contributed by atoms with E-state index in [4.69, 9.17) is 5.11 Å². The first kappa shape index (κ1) is 27.4. The smallest absolute Gasteiger partial charge is 0.303 e. The van der Waals surface area contributed by atoms with Gasteiger partial charge in [0.15, 0.2) is 0 Å². The highest BCUT2D eigenvalue weighted by molar-refractivity contribution is 5.66. The average molecular weight is 399 g/mol. The van der Waals surface area contributed by atoms with E-state index in [-0.39, 0.29) is 6.10 Å². The van der Waals surface area contributed by atoms with Crippen LogP contribution in [-0.2, 0) is 4.79 Å². The second-order valence-electron chi connectivity index (χ2n) is 8.74. The molecule has 3 nitrogen and oxygen atoms in total. The van der Waals surface area contributed by atoms with Gasteiger partial charge in [-0.25, -0.2) is 0 Å². The number of carboxylic acids is 1. The summed E-state index contributed by atoms with van der Waals surface area (Å²) in [5, 5.41) is 18.4. The molecular formula is C25H50O3. The highest BCUT2D eigenvalue weighted by Gasteiger charge is 2.02. The monoisotopic (exact) mass is 398 g/mol. The molecule has 28 heavy (non-hydrogen) atoms. The largest absolute Gasteiger partial charge is 0.481 e. The number of carbonyl (C=O) groups is 1. The summed E-state index contributed by atoms with van der Waals surface area (Å²) in [6, 6.07) is 0. The number of hydrogen-bond acceptors (Lipinski definition) is 2. The predicted molar refractivity (Wildman–Crippen MR) is 121 cm³/mol. The average Bonchev–Trinajstić information content (AvgIpc) is 2.67. The number of unbranched alkanes of at least 4 members (excludes halogenated alkanes) is 17. The highest BCUT2D eigenvalue weighted by Crippen LogP contribution is 2.15. The van der Waals surface area contributed by atoms with Crippen LogP contribution in [0.15, 0.2) is 0 Å². The minimum Gasteiger partial charge on any atom is -0.481 e. The molecule has 1 unspecified atom stereocenters. The second kappa shape index (κ2) is 22.7. The summed E-state index contributed by atoms with van der Waals surface area (Å²) in [5.41, 5.74) is 0. The second-order valence-corrected chi connectivity index (χ2v) is 8.74. The zero-order valence-electron chi connectivity index (χ0n) is 18.9. The number of aliphatic hydroxyl groups is 1. The molecule has 1 atom stereocenters. The number of rotatable bonds is 23. The standard InChI is InChI=1S/C25H50O3/c1-2-3-21-24(26)22-19-17-15-13-11-9-7-5-4-6-8-10-12-14-16-18-20-23-25(27)28/h24,26H,2-23H2,1H3,(H,27,28).